The highest BCUT2D eigenvalue weighted by Gasteiger charge is 2.34. The number of fused-ring (bicyclic) bond motifs is 1. The molecule has 1 fully saturated rings. The average Bonchev–Trinajstić information content (AvgIpc) is 2.94. The summed E-state index contributed by atoms with van der Waals surface area (Å²) in [5.41, 5.74) is 8.83. The number of amides is 1. The van der Waals surface area contributed by atoms with E-state index >= 15 is 4.39 Å². The van der Waals surface area contributed by atoms with Crippen molar-refractivity contribution >= 4 is 28.4 Å². The molecule has 4 heterocycles. The summed E-state index contributed by atoms with van der Waals surface area (Å²) < 4.78 is 17.3. The molecule has 1 aliphatic heterocycles. The highest BCUT2D eigenvalue weighted by molar-refractivity contribution is 5.92. The molecule has 41 heavy (non-hydrogen) atoms. The predicted octanol–water partition coefficient (Wildman–Crippen LogP) is 4.61. The molecule has 1 aromatic carbocycles. The summed E-state index contributed by atoms with van der Waals surface area (Å²) in [7, 11) is 0. The topological polar surface area (TPSA) is 110 Å². The fourth-order valence-electron chi connectivity index (χ4n) is 5.56. The van der Waals surface area contributed by atoms with Crippen molar-refractivity contribution in [3.8, 4) is 16.9 Å². The molecule has 0 radical (unpaired) electrons. The third kappa shape index (κ3) is 4.83. The van der Waals surface area contributed by atoms with Crippen LogP contribution >= 0.6 is 0 Å². The van der Waals surface area contributed by atoms with Gasteiger partial charge in [-0.25, -0.2) is 18.7 Å². The molecule has 2 atom stereocenters. The number of nitrogen functional groups attached to an aromatic ring is 1. The van der Waals surface area contributed by atoms with Crippen LogP contribution in [0.15, 0.2) is 60.0 Å². The van der Waals surface area contributed by atoms with E-state index in [0.29, 0.717) is 46.9 Å². The van der Waals surface area contributed by atoms with Gasteiger partial charge in [-0.05, 0) is 56.5 Å². The molecule has 1 amide bonds. The Bertz CT molecular complexity index is 1730. The Hall–Kier alpha value is -4.60. The van der Waals surface area contributed by atoms with Crippen molar-refractivity contribution in [3.63, 3.8) is 0 Å². The van der Waals surface area contributed by atoms with Crippen LogP contribution in [0.1, 0.15) is 44.9 Å². The zero-order valence-electron chi connectivity index (χ0n) is 23.9. The molecular formula is C31H34FN7O2. The second-order valence-corrected chi connectivity index (χ2v) is 10.9. The van der Waals surface area contributed by atoms with E-state index in [4.69, 9.17) is 10.7 Å². The number of aromatic nitrogens is 4. The highest BCUT2D eigenvalue weighted by atomic mass is 19.1. The number of nitrogens with two attached hydrogens (primary N) is 1. The van der Waals surface area contributed by atoms with E-state index in [2.05, 4.69) is 16.5 Å². The Morgan fingerprint density at radius 2 is 1.88 bits per heavy atom. The van der Waals surface area contributed by atoms with Crippen molar-refractivity contribution in [2.45, 2.75) is 52.6 Å². The monoisotopic (exact) mass is 555 g/mol. The first-order chi connectivity index (χ1) is 19.5. The largest absolute Gasteiger partial charge is 0.398 e. The molecule has 0 bridgehead atoms. The molecule has 0 aliphatic carbocycles. The molecule has 10 heteroatoms. The summed E-state index contributed by atoms with van der Waals surface area (Å²) in [6.45, 7) is 14.2. The predicted molar refractivity (Wildman–Crippen MR) is 160 cm³/mol. The maximum Gasteiger partial charge on any atom is 0.355 e. The minimum absolute atomic E-state index is 0.00689. The summed E-state index contributed by atoms with van der Waals surface area (Å²) in [5.74, 6) is -0.439. The van der Waals surface area contributed by atoms with E-state index in [0.717, 1.165) is 5.56 Å². The molecule has 0 spiro atoms. The minimum Gasteiger partial charge on any atom is -0.398 e. The van der Waals surface area contributed by atoms with E-state index in [9.17, 15) is 9.59 Å². The average molecular weight is 556 g/mol. The third-order valence-electron chi connectivity index (χ3n) is 7.66. The number of halogens is 1. The number of carbonyl (C=O) groups is 1. The van der Waals surface area contributed by atoms with E-state index in [1.807, 2.05) is 45.6 Å². The maximum absolute atomic E-state index is 15.9. The summed E-state index contributed by atoms with van der Waals surface area (Å²) in [5, 5.41) is 0.376. The number of piperazine rings is 1. The SMILES string of the molecule is C=CC(=O)N1C[C@H](C)N(c2nc(=O)n(-c3c(C)ccnc3C(C)C)c3nc(-c4ccccc4N)c(F)cc23)C[C@H]1C. The lowest BCUT2D eigenvalue weighted by molar-refractivity contribution is -0.128. The Balaban J connectivity index is 1.83. The van der Waals surface area contributed by atoms with Crippen LogP contribution in [0, 0.1) is 12.7 Å². The summed E-state index contributed by atoms with van der Waals surface area (Å²) >= 11 is 0. The Labute approximate surface area is 238 Å². The van der Waals surface area contributed by atoms with Crippen LogP contribution in [-0.2, 0) is 4.79 Å². The second-order valence-electron chi connectivity index (χ2n) is 10.9. The second kappa shape index (κ2) is 10.8. The number of rotatable bonds is 5. The molecule has 1 aliphatic rings. The number of carbonyl (C=O) groups excluding carboxylic acids is 1. The number of aryl methyl sites for hydroxylation is 1. The standard InChI is InChI=1S/C31H34FN7O2/c1-7-25(40)37-15-20(6)38(16-19(37)5)29-22-14-23(32)27(21-10-8-9-11-24(21)33)35-30(22)39(31(41)36-29)28-18(4)12-13-34-26(28)17(2)3/h7-14,17,19-20H,1,15-16,33H2,2-6H3/t19-,20+/m1/s1. The first-order valence-electron chi connectivity index (χ1n) is 13.7. The van der Waals surface area contributed by atoms with Gasteiger partial charge in [0.05, 0.1) is 16.8 Å². The molecule has 212 valence electrons. The lowest BCUT2D eigenvalue weighted by atomic mass is 10.0. The Morgan fingerprint density at radius 1 is 1.15 bits per heavy atom. The number of benzene rings is 1. The first-order valence-corrected chi connectivity index (χ1v) is 13.7. The van der Waals surface area contributed by atoms with Crippen LogP contribution in [0.5, 0.6) is 0 Å². The van der Waals surface area contributed by atoms with Gasteiger partial charge in [-0.15, -0.1) is 0 Å². The number of hydrogen-bond donors (Lipinski definition) is 1. The Kier molecular flexibility index (Phi) is 7.33. The molecular weight excluding hydrogens is 521 g/mol. The van der Waals surface area contributed by atoms with Gasteiger partial charge in [0.1, 0.15) is 17.3 Å². The van der Waals surface area contributed by atoms with Gasteiger partial charge in [0, 0.05) is 42.6 Å². The number of hydrogen-bond acceptors (Lipinski definition) is 7. The lowest BCUT2D eigenvalue weighted by Crippen LogP contribution is -2.58. The van der Waals surface area contributed by atoms with Crippen molar-refractivity contribution in [2.75, 3.05) is 23.7 Å². The van der Waals surface area contributed by atoms with Gasteiger partial charge in [-0.2, -0.15) is 4.98 Å². The smallest absolute Gasteiger partial charge is 0.355 e. The van der Waals surface area contributed by atoms with E-state index in [-0.39, 0.29) is 35.2 Å². The summed E-state index contributed by atoms with van der Waals surface area (Å²) in [4.78, 5) is 44.0. The summed E-state index contributed by atoms with van der Waals surface area (Å²) in [6.07, 6.45) is 3.01. The molecule has 0 saturated carbocycles. The number of nitrogens with zero attached hydrogens (tertiary/aromatic N) is 6. The normalized spacial score (nSPS) is 17.3. The zero-order chi connectivity index (χ0) is 29.6. The van der Waals surface area contributed by atoms with E-state index in [1.165, 1.54) is 16.7 Å². The van der Waals surface area contributed by atoms with Crippen LogP contribution in [0.25, 0.3) is 28.0 Å². The highest BCUT2D eigenvalue weighted by Crippen LogP contribution is 2.35. The van der Waals surface area contributed by atoms with Crippen molar-refractivity contribution in [3.05, 3.63) is 82.8 Å². The molecule has 2 N–H and O–H groups in total. The fraction of sp³-hybridized carbons (Fsp3) is 0.323. The van der Waals surface area contributed by atoms with Crippen LogP contribution in [0.2, 0.25) is 0 Å². The van der Waals surface area contributed by atoms with Gasteiger partial charge < -0.3 is 15.5 Å². The quantitative estimate of drug-likeness (QED) is 0.283. The number of anilines is 2. The van der Waals surface area contributed by atoms with Crippen LogP contribution in [0.3, 0.4) is 0 Å². The molecule has 0 unspecified atom stereocenters. The van der Waals surface area contributed by atoms with Crippen molar-refractivity contribution in [1.29, 1.82) is 0 Å². The molecule has 9 nitrogen and oxygen atoms in total. The van der Waals surface area contributed by atoms with E-state index in [1.54, 1.807) is 35.4 Å². The summed E-state index contributed by atoms with van der Waals surface area (Å²) in [6, 6.07) is 9.71. The molecule has 4 aromatic rings. The van der Waals surface area contributed by atoms with Crippen molar-refractivity contribution in [1.82, 2.24) is 24.4 Å². The van der Waals surface area contributed by atoms with Gasteiger partial charge >= 0.3 is 5.69 Å². The number of pyridine rings is 2. The zero-order valence-corrected chi connectivity index (χ0v) is 23.9. The van der Waals surface area contributed by atoms with Crippen molar-refractivity contribution in [2.24, 2.45) is 0 Å². The van der Waals surface area contributed by atoms with Crippen LogP contribution in [0.4, 0.5) is 15.9 Å². The third-order valence-corrected chi connectivity index (χ3v) is 7.66. The molecule has 3 aromatic heterocycles. The fourth-order valence-corrected chi connectivity index (χ4v) is 5.56. The number of para-hydroxylation sites is 1. The Morgan fingerprint density at radius 3 is 2.56 bits per heavy atom. The van der Waals surface area contributed by atoms with Gasteiger partial charge in [0.2, 0.25) is 5.91 Å². The lowest BCUT2D eigenvalue weighted by Gasteiger charge is -2.44. The van der Waals surface area contributed by atoms with Gasteiger partial charge in [-0.1, -0.05) is 38.6 Å². The van der Waals surface area contributed by atoms with Crippen LogP contribution < -0.4 is 16.3 Å². The molecule has 5 rings (SSSR count). The van der Waals surface area contributed by atoms with E-state index < -0.39 is 11.5 Å². The van der Waals surface area contributed by atoms with Crippen LogP contribution in [-0.4, -0.2) is 55.5 Å². The van der Waals surface area contributed by atoms with Gasteiger partial charge in [0.15, 0.2) is 5.65 Å². The molecule has 1 saturated heterocycles. The minimum atomic E-state index is -0.586. The maximum atomic E-state index is 15.9. The first kappa shape index (κ1) is 27.9. The van der Waals surface area contributed by atoms with Gasteiger partial charge in [-0.3, -0.25) is 9.78 Å². The van der Waals surface area contributed by atoms with Crippen molar-refractivity contribution < 1.29 is 9.18 Å². The van der Waals surface area contributed by atoms with Gasteiger partial charge in [0.25, 0.3) is 0 Å².